The van der Waals surface area contributed by atoms with Crippen LogP contribution >= 0.6 is 0 Å². The molecule has 0 saturated heterocycles. The molecule has 0 atom stereocenters. The van der Waals surface area contributed by atoms with E-state index in [9.17, 15) is 18.0 Å². The van der Waals surface area contributed by atoms with E-state index >= 15 is 0 Å². The fourth-order valence-electron chi connectivity index (χ4n) is 2.51. The van der Waals surface area contributed by atoms with Crippen molar-refractivity contribution < 1.29 is 22.7 Å². The average Bonchev–Trinajstić information content (AvgIpc) is 2.62. The summed E-state index contributed by atoms with van der Waals surface area (Å²) in [5.41, 5.74) is 11.4. The lowest BCUT2D eigenvalue weighted by molar-refractivity contribution is -0.138. The van der Waals surface area contributed by atoms with E-state index in [1.807, 2.05) is 0 Å². The maximum atomic E-state index is 13.1. The summed E-state index contributed by atoms with van der Waals surface area (Å²) in [6, 6.07) is 15.6. The van der Waals surface area contributed by atoms with Crippen LogP contribution in [0.25, 0.3) is 0 Å². The highest BCUT2D eigenvalue weighted by atomic mass is 19.4. The van der Waals surface area contributed by atoms with Crippen LogP contribution < -0.4 is 16.2 Å². The van der Waals surface area contributed by atoms with Crippen LogP contribution in [0.1, 0.15) is 21.5 Å². The van der Waals surface area contributed by atoms with E-state index in [1.165, 1.54) is 30.3 Å². The van der Waals surface area contributed by atoms with Crippen molar-refractivity contribution in [2.24, 2.45) is 0 Å². The topological polar surface area (TPSA) is 78.3 Å². The SMILES string of the molecule is Nc1cccc(C(=O)c2ccc(Oc3ccc(N)cc3C(F)(F)F)cc2)c1. The number of nitrogens with two attached hydrogens (primary N) is 2. The molecule has 4 nitrogen and oxygen atoms in total. The van der Waals surface area contributed by atoms with Crippen molar-refractivity contribution >= 4 is 17.2 Å². The van der Waals surface area contributed by atoms with Gasteiger partial charge in [0.05, 0.1) is 0 Å². The third-order valence-corrected chi connectivity index (χ3v) is 3.80. The molecule has 0 radical (unpaired) electrons. The van der Waals surface area contributed by atoms with Crippen LogP contribution in [0.3, 0.4) is 0 Å². The highest BCUT2D eigenvalue weighted by Crippen LogP contribution is 2.39. The molecule has 0 fully saturated rings. The Morgan fingerprint density at radius 1 is 0.815 bits per heavy atom. The Morgan fingerprint density at radius 3 is 2.11 bits per heavy atom. The molecule has 0 unspecified atom stereocenters. The van der Waals surface area contributed by atoms with Gasteiger partial charge in [-0.1, -0.05) is 12.1 Å². The van der Waals surface area contributed by atoms with Gasteiger partial charge in [-0.15, -0.1) is 0 Å². The van der Waals surface area contributed by atoms with E-state index in [0.29, 0.717) is 16.8 Å². The van der Waals surface area contributed by atoms with Crippen LogP contribution in [-0.4, -0.2) is 5.78 Å². The van der Waals surface area contributed by atoms with Crippen molar-refractivity contribution in [2.45, 2.75) is 6.18 Å². The second-order valence-electron chi connectivity index (χ2n) is 5.83. The molecular formula is C20H15F3N2O2. The van der Waals surface area contributed by atoms with Crippen molar-refractivity contribution in [3.8, 4) is 11.5 Å². The average molecular weight is 372 g/mol. The van der Waals surface area contributed by atoms with Gasteiger partial charge in [-0.05, 0) is 54.6 Å². The number of alkyl halides is 3. The number of ether oxygens (including phenoxy) is 1. The number of rotatable bonds is 4. The first-order chi connectivity index (χ1) is 12.7. The number of carbonyl (C=O) groups excluding carboxylic acids is 1. The molecule has 138 valence electrons. The summed E-state index contributed by atoms with van der Waals surface area (Å²) in [5, 5.41) is 0. The van der Waals surface area contributed by atoms with Gasteiger partial charge >= 0.3 is 6.18 Å². The molecule has 0 saturated carbocycles. The van der Waals surface area contributed by atoms with E-state index in [4.69, 9.17) is 16.2 Å². The summed E-state index contributed by atoms with van der Waals surface area (Å²) in [6.07, 6.45) is -4.60. The molecule has 0 amide bonds. The van der Waals surface area contributed by atoms with Crippen LogP contribution in [0.5, 0.6) is 11.5 Å². The number of carbonyl (C=O) groups is 1. The van der Waals surface area contributed by atoms with E-state index in [2.05, 4.69) is 0 Å². The Kier molecular flexibility index (Phi) is 4.77. The summed E-state index contributed by atoms with van der Waals surface area (Å²) >= 11 is 0. The zero-order valence-electron chi connectivity index (χ0n) is 14.0. The molecule has 7 heteroatoms. The molecular weight excluding hydrogens is 357 g/mol. The molecule has 27 heavy (non-hydrogen) atoms. The number of anilines is 2. The molecule has 0 aliphatic heterocycles. The minimum atomic E-state index is -4.60. The quantitative estimate of drug-likeness (QED) is 0.505. The van der Waals surface area contributed by atoms with E-state index in [1.54, 1.807) is 24.3 Å². The molecule has 3 rings (SSSR count). The standard InChI is InChI=1S/C20H15F3N2O2/c21-20(22,23)17-11-15(25)6-9-18(17)27-16-7-4-12(5-8-16)19(26)13-2-1-3-14(24)10-13/h1-11H,24-25H2. The molecule has 0 aliphatic rings. The fraction of sp³-hybridized carbons (Fsp3) is 0.0500. The Hall–Kier alpha value is -3.48. The molecule has 3 aromatic rings. The smallest absolute Gasteiger partial charge is 0.420 e. The number of ketones is 1. The van der Waals surface area contributed by atoms with Gasteiger partial charge in [0.15, 0.2) is 5.78 Å². The van der Waals surface area contributed by atoms with Crippen LogP contribution in [0.15, 0.2) is 66.7 Å². The van der Waals surface area contributed by atoms with Gasteiger partial charge in [0.1, 0.15) is 17.1 Å². The first-order valence-corrected chi connectivity index (χ1v) is 7.89. The second kappa shape index (κ2) is 7.03. The van der Waals surface area contributed by atoms with Crippen molar-refractivity contribution in [1.29, 1.82) is 0 Å². The normalized spacial score (nSPS) is 11.2. The number of hydrogen-bond acceptors (Lipinski definition) is 4. The molecule has 0 aliphatic carbocycles. The predicted octanol–water partition coefficient (Wildman–Crippen LogP) is 4.89. The van der Waals surface area contributed by atoms with Gasteiger partial charge < -0.3 is 16.2 Å². The van der Waals surface area contributed by atoms with Gasteiger partial charge in [0, 0.05) is 22.5 Å². The summed E-state index contributed by atoms with van der Waals surface area (Å²) in [7, 11) is 0. The Morgan fingerprint density at radius 2 is 1.48 bits per heavy atom. The minimum absolute atomic E-state index is 0.0160. The van der Waals surface area contributed by atoms with Crippen molar-refractivity contribution in [1.82, 2.24) is 0 Å². The lowest BCUT2D eigenvalue weighted by Gasteiger charge is -2.14. The third kappa shape index (κ3) is 4.20. The fourth-order valence-corrected chi connectivity index (χ4v) is 2.51. The monoisotopic (exact) mass is 372 g/mol. The molecule has 0 aromatic heterocycles. The molecule has 3 aromatic carbocycles. The number of halogens is 3. The third-order valence-electron chi connectivity index (χ3n) is 3.80. The second-order valence-corrected chi connectivity index (χ2v) is 5.83. The van der Waals surface area contributed by atoms with Crippen LogP contribution in [0, 0.1) is 0 Å². The van der Waals surface area contributed by atoms with Gasteiger partial charge in [-0.3, -0.25) is 4.79 Å². The number of benzene rings is 3. The highest BCUT2D eigenvalue weighted by Gasteiger charge is 2.34. The maximum absolute atomic E-state index is 13.1. The lowest BCUT2D eigenvalue weighted by atomic mass is 10.0. The van der Waals surface area contributed by atoms with E-state index < -0.39 is 11.7 Å². The predicted molar refractivity (Wildman–Crippen MR) is 96.7 cm³/mol. The maximum Gasteiger partial charge on any atom is 0.420 e. The van der Waals surface area contributed by atoms with Gasteiger partial charge in [-0.2, -0.15) is 13.2 Å². The van der Waals surface area contributed by atoms with Crippen molar-refractivity contribution in [2.75, 3.05) is 11.5 Å². The van der Waals surface area contributed by atoms with Crippen molar-refractivity contribution in [3.05, 3.63) is 83.4 Å². The largest absolute Gasteiger partial charge is 0.457 e. The Bertz CT molecular complexity index is 983. The Labute approximate surface area is 153 Å². The summed E-state index contributed by atoms with van der Waals surface area (Å²) in [4.78, 5) is 12.4. The molecule has 4 N–H and O–H groups in total. The first kappa shape index (κ1) is 18.3. The lowest BCUT2D eigenvalue weighted by Crippen LogP contribution is -2.08. The van der Waals surface area contributed by atoms with Gasteiger partial charge in [0.25, 0.3) is 0 Å². The first-order valence-electron chi connectivity index (χ1n) is 7.89. The number of nitrogen functional groups attached to an aromatic ring is 2. The van der Waals surface area contributed by atoms with Crippen LogP contribution in [0.2, 0.25) is 0 Å². The molecule has 0 spiro atoms. The zero-order valence-corrected chi connectivity index (χ0v) is 14.0. The van der Waals surface area contributed by atoms with Crippen LogP contribution in [0.4, 0.5) is 24.5 Å². The van der Waals surface area contributed by atoms with E-state index in [-0.39, 0.29) is 23.0 Å². The summed E-state index contributed by atoms with van der Waals surface area (Å²) in [5.74, 6) is -0.460. The van der Waals surface area contributed by atoms with Crippen LogP contribution in [-0.2, 0) is 6.18 Å². The van der Waals surface area contributed by atoms with Gasteiger partial charge in [-0.25, -0.2) is 0 Å². The zero-order chi connectivity index (χ0) is 19.6. The van der Waals surface area contributed by atoms with Gasteiger partial charge in [0.2, 0.25) is 0 Å². The minimum Gasteiger partial charge on any atom is -0.457 e. The summed E-state index contributed by atoms with van der Waals surface area (Å²) < 4.78 is 44.7. The van der Waals surface area contributed by atoms with E-state index in [0.717, 1.165) is 12.1 Å². The number of hydrogen-bond donors (Lipinski definition) is 2. The summed E-state index contributed by atoms with van der Waals surface area (Å²) in [6.45, 7) is 0. The molecule has 0 heterocycles. The highest BCUT2D eigenvalue weighted by molar-refractivity contribution is 6.09. The Balaban J connectivity index is 1.84. The van der Waals surface area contributed by atoms with Crippen molar-refractivity contribution in [3.63, 3.8) is 0 Å². The molecule has 0 bridgehead atoms.